The summed E-state index contributed by atoms with van der Waals surface area (Å²) in [6.07, 6.45) is 0. The van der Waals surface area contributed by atoms with Crippen molar-refractivity contribution in [2.75, 3.05) is 24.8 Å². The first kappa shape index (κ1) is 12.2. The van der Waals surface area contributed by atoms with Crippen LogP contribution in [0.1, 0.15) is 0 Å². The molecule has 2 aromatic carbocycles. The minimum absolute atomic E-state index is 0.149. The van der Waals surface area contributed by atoms with Gasteiger partial charge in [0, 0.05) is 12.7 Å². The van der Waals surface area contributed by atoms with Crippen LogP contribution in [0.15, 0.2) is 42.5 Å². The van der Waals surface area contributed by atoms with E-state index in [9.17, 15) is 4.39 Å². The zero-order valence-electron chi connectivity index (χ0n) is 10.4. The Labute approximate surface area is 106 Å². The van der Waals surface area contributed by atoms with Crippen LogP contribution in [0.2, 0.25) is 0 Å². The van der Waals surface area contributed by atoms with Crippen molar-refractivity contribution in [1.29, 1.82) is 0 Å². The van der Waals surface area contributed by atoms with E-state index < -0.39 is 5.82 Å². The Hall–Kier alpha value is -2.23. The average Bonchev–Trinajstić information content (AvgIpc) is 2.41. The van der Waals surface area contributed by atoms with E-state index in [1.165, 1.54) is 6.07 Å². The van der Waals surface area contributed by atoms with Crippen molar-refractivity contribution in [2.24, 2.45) is 0 Å². The Balaban J connectivity index is 2.35. The first-order valence-electron chi connectivity index (χ1n) is 5.55. The molecule has 0 fully saturated rings. The molecule has 0 bridgehead atoms. The molecule has 0 aliphatic heterocycles. The van der Waals surface area contributed by atoms with Gasteiger partial charge in [-0.1, -0.05) is 6.07 Å². The van der Waals surface area contributed by atoms with E-state index in [4.69, 9.17) is 10.5 Å². The molecule has 18 heavy (non-hydrogen) atoms. The zero-order chi connectivity index (χ0) is 13.1. The maximum atomic E-state index is 13.4. The van der Waals surface area contributed by atoms with E-state index in [0.717, 1.165) is 11.4 Å². The molecule has 0 aromatic heterocycles. The largest absolute Gasteiger partial charge is 0.497 e. The maximum absolute atomic E-state index is 13.4. The van der Waals surface area contributed by atoms with Crippen LogP contribution >= 0.6 is 0 Å². The van der Waals surface area contributed by atoms with Gasteiger partial charge in [-0.2, -0.15) is 0 Å². The molecule has 2 N–H and O–H groups in total. The van der Waals surface area contributed by atoms with E-state index in [1.54, 1.807) is 19.2 Å². The summed E-state index contributed by atoms with van der Waals surface area (Å²) in [5.41, 5.74) is 7.43. The summed E-state index contributed by atoms with van der Waals surface area (Å²) in [5.74, 6) is 0.368. The Bertz CT molecular complexity index is 540. The number of nitrogens with zero attached hydrogens (tertiary/aromatic N) is 1. The third-order valence-electron chi connectivity index (χ3n) is 2.85. The van der Waals surface area contributed by atoms with Gasteiger partial charge in [-0.3, -0.25) is 0 Å². The topological polar surface area (TPSA) is 38.5 Å². The first-order valence-corrected chi connectivity index (χ1v) is 5.55. The van der Waals surface area contributed by atoms with Crippen molar-refractivity contribution < 1.29 is 9.13 Å². The molecule has 0 spiro atoms. The fourth-order valence-corrected chi connectivity index (χ4v) is 1.76. The molecule has 94 valence electrons. The van der Waals surface area contributed by atoms with Gasteiger partial charge in [0.2, 0.25) is 0 Å². The Morgan fingerprint density at radius 3 is 2.39 bits per heavy atom. The summed E-state index contributed by atoms with van der Waals surface area (Å²) >= 11 is 0. The van der Waals surface area contributed by atoms with Gasteiger partial charge in [-0.25, -0.2) is 4.39 Å². The SMILES string of the molecule is COc1ccc(N(C)c2cccc(F)c2N)cc1. The monoisotopic (exact) mass is 246 g/mol. The van der Waals surface area contributed by atoms with Gasteiger partial charge < -0.3 is 15.4 Å². The smallest absolute Gasteiger partial charge is 0.148 e. The molecule has 0 saturated heterocycles. The van der Waals surface area contributed by atoms with Crippen molar-refractivity contribution in [3.8, 4) is 5.75 Å². The highest BCUT2D eigenvalue weighted by atomic mass is 19.1. The molecule has 0 aliphatic carbocycles. The molecule has 0 saturated carbocycles. The van der Waals surface area contributed by atoms with Gasteiger partial charge in [0.05, 0.1) is 18.5 Å². The highest BCUT2D eigenvalue weighted by molar-refractivity contribution is 5.74. The molecule has 0 radical (unpaired) electrons. The highest BCUT2D eigenvalue weighted by Crippen LogP contribution is 2.31. The Kier molecular flexibility index (Phi) is 3.37. The van der Waals surface area contributed by atoms with Crippen molar-refractivity contribution in [1.82, 2.24) is 0 Å². The fraction of sp³-hybridized carbons (Fsp3) is 0.143. The second-order valence-electron chi connectivity index (χ2n) is 3.93. The van der Waals surface area contributed by atoms with Crippen LogP contribution in [0.5, 0.6) is 5.75 Å². The van der Waals surface area contributed by atoms with Crippen molar-refractivity contribution in [2.45, 2.75) is 0 Å². The van der Waals surface area contributed by atoms with Crippen LogP contribution in [-0.4, -0.2) is 14.2 Å². The third kappa shape index (κ3) is 2.22. The van der Waals surface area contributed by atoms with Crippen LogP contribution in [0.3, 0.4) is 0 Å². The number of ether oxygens (including phenoxy) is 1. The number of rotatable bonds is 3. The molecule has 0 heterocycles. The van der Waals surface area contributed by atoms with Crippen LogP contribution in [0.25, 0.3) is 0 Å². The van der Waals surface area contributed by atoms with Crippen molar-refractivity contribution in [3.05, 3.63) is 48.3 Å². The number of methoxy groups -OCH3 is 1. The number of hydrogen-bond acceptors (Lipinski definition) is 3. The second-order valence-corrected chi connectivity index (χ2v) is 3.93. The van der Waals surface area contributed by atoms with Gasteiger partial charge in [-0.05, 0) is 36.4 Å². The van der Waals surface area contributed by atoms with Gasteiger partial charge in [0.1, 0.15) is 11.6 Å². The van der Waals surface area contributed by atoms with Crippen molar-refractivity contribution in [3.63, 3.8) is 0 Å². The van der Waals surface area contributed by atoms with Gasteiger partial charge in [0.15, 0.2) is 0 Å². The molecule has 0 amide bonds. The average molecular weight is 246 g/mol. The van der Waals surface area contributed by atoms with Crippen LogP contribution in [0.4, 0.5) is 21.5 Å². The summed E-state index contributed by atoms with van der Waals surface area (Å²) in [7, 11) is 3.45. The van der Waals surface area contributed by atoms with E-state index in [2.05, 4.69) is 0 Å². The van der Waals surface area contributed by atoms with Crippen LogP contribution < -0.4 is 15.4 Å². The number of halogens is 1. The van der Waals surface area contributed by atoms with Gasteiger partial charge in [0.25, 0.3) is 0 Å². The van der Waals surface area contributed by atoms with Crippen LogP contribution in [-0.2, 0) is 0 Å². The number of anilines is 3. The lowest BCUT2D eigenvalue weighted by molar-refractivity contribution is 0.415. The molecule has 2 aromatic rings. The van der Waals surface area contributed by atoms with E-state index in [-0.39, 0.29) is 5.69 Å². The van der Waals surface area contributed by atoms with Crippen molar-refractivity contribution >= 4 is 17.1 Å². The summed E-state index contributed by atoms with van der Waals surface area (Å²) < 4.78 is 18.5. The summed E-state index contributed by atoms with van der Waals surface area (Å²) in [6, 6.07) is 12.2. The predicted octanol–water partition coefficient (Wildman–Crippen LogP) is 3.18. The van der Waals surface area contributed by atoms with Gasteiger partial charge >= 0.3 is 0 Å². The fourth-order valence-electron chi connectivity index (χ4n) is 1.76. The lowest BCUT2D eigenvalue weighted by atomic mass is 10.2. The molecule has 0 aliphatic rings. The molecule has 0 atom stereocenters. The number of nitrogen functional groups attached to an aromatic ring is 1. The second kappa shape index (κ2) is 4.96. The van der Waals surface area contributed by atoms with E-state index in [1.807, 2.05) is 36.2 Å². The summed E-state index contributed by atoms with van der Waals surface area (Å²) in [4.78, 5) is 1.83. The molecule has 4 heteroatoms. The number of hydrogen-bond donors (Lipinski definition) is 1. The third-order valence-corrected chi connectivity index (χ3v) is 2.85. The molecule has 0 unspecified atom stereocenters. The minimum atomic E-state index is -0.409. The number of benzene rings is 2. The van der Waals surface area contributed by atoms with Gasteiger partial charge in [-0.15, -0.1) is 0 Å². The minimum Gasteiger partial charge on any atom is -0.497 e. The Morgan fingerprint density at radius 1 is 1.11 bits per heavy atom. The lowest BCUT2D eigenvalue weighted by Gasteiger charge is -2.21. The highest BCUT2D eigenvalue weighted by Gasteiger charge is 2.10. The van der Waals surface area contributed by atoms with E-state index in [0.29, 0.717) is 5.69 Å². The summed E-state index contributed by atoms with van der Waals surface area (Å²) in [5, 5.41) is 0. The number of para-hydroxylation sites is 1. The van der Waals surface area contributed by atoms with E-state index >= 15 is 0 Å². The lowest BCUT2D eigenvalue weighted by Crippen LogP contribution is -2.12. The quantitative estimate of drug-likeness (QED) is 0.845. The molecular weight excluding hydrogens is 231 g/mol. The van der Waals surface area contributed by atoms with Crippen LogP contribution in [0, 0.1) is 5.82 Å². The molecule has 3 nitrogen and oxygen atoms in total. The standard InChI is InChI=1S/C14H15FN2O/c1-17(10-6-8-11(18-2)9-7-10)13-5-3-4-12(15)14(13)16/h3-9H,16H2,1-2H3. The maximum Gasteiger partial charge on any atom is 0.148 e. The Morgan fingerprint density at radius 2 is 1.78 bits per heavy atom. The molecular formula is C14H15FN2O. The zero-order valence-corrected chi connectivity index (χ0v) is 10.4. The first-order chi connectivity index (χ1) is 8.63. The predicted molar refractivity (Wildman–Crippen MR) is 71.9 cm³/mol. The molecule has 2 rings (SSSR count). The normalized spacial score (nSPS) is 10.2. The summed E-state index contributed by atoms with van der Waals surface area (Å²) in [6.45, 7) is 0. The number of nitrogens with two attached hydrogens (primary N) is 1.